The lowest BCUT2D eigenvalue weighted by molar-refractivity contribution is -0.120. The Bertz CT molecular complexity index is 337. The van der Waals surface area contributed by atoms with E-state index >= 15 is 0 Å². The largest absolute Gasteiger partial charge is 0.497 e. The van der Waals surface area contributed by atoms with Crippen molar-refractivity contribution >= 4 is 21.8 Å². The summed E-state index contributed by atoms with van der Waals surface area (Å²) in [4.78, 5) is 11.6. The number of carbonyl (C=O) groups is 1. The molecule has 0 spiro atoms. The molecule has 0 fully saturated rings. The van der Waals surface area contributed by atoms with Gasteiger partial charge in [0.15, 0.2) is 0 Å². The molecule has 4 heteroatoms. The summed E-state index contributed by atoms with van der Waals surface area (Å²) in [6, 6.07) is 7.67. The summed E-state index contributed by atoms with van der Waals surface area (Å²) in [5, 5.41) is 3.65. The maximum atomic E-state index is 11.6. The second-order valence-electron chi connectivity index (χ2n) is 3.65. The summed E-state index contributed by atoms with van der Waals surface area (Å²) < 4.78 is 5.05. The predicted molar refractivity (Wildman–Crippen MR) is 68.1 cm³/mol. The van der Waals surface area contributed by atoms with Crippen LogP contribution < -0.4 is 10.1 Å². The fourth-order valence-corrected chi connectivity index (χ4v) is 1.46. The molecule has 0 aliphatic rings. The third-order valence-corrected chi connectivity index (χ3v) is 3.13. The Morgan fingerprint density at radius 1 is 1.44 bits per heavy atom. The van der Waals surface area contributed by atoms with Gasteiger partial charge in [-0.3, -0.25) is 4.79 Å². The van der Waals surface area contributed by atoms with E-state index < -0.39 is 0 Å². The van der Waals surface area contributed by atoms with E-state index in [9.17, 15) is 4.79 Å². The van der Waals surface area contributed by atoms with Gasteiger partial charge in [-0.05, 0) is 24.6 Å². The Kier molecular flexibility index (Phi) is 5.32. The first-order valence-electron chi connectivity index (χ1n) is 5.14. The summed E-state index contributed by atoms with van der Waals surface area (Å²) in [7, 11) is 1.62. The normalized spacial score (nSPS) is 11.9. The molecule has 16 heavy (non-hydrogen) atoms. The maximum absolute atomic E-state index is 11.6. The Labute approximate surface area is 104 Å². The SMILES string of the molecule is COc1ccc(CC(=O)NC(C)CBr)cc1. The Balaban J connectivity index is 2.49. The molecule has 1 N–H and O–H groups in total. The molecule has 0 aliphatic carbocycles. The number of amides is 1. The van der Waals surface area contributed by atoms with E-state index in [4.69, 9.17) is 4.74 Å². The third-order valence-electron chi connectivity index (χ3n) is 2.16. The molecule has 0 aromatic heterocycles. The number of benzene rings is 1. The Morgan fingerprint density at radius 2 is 2.06 bits per heavy atom. The zero-order valence-corrected chi connectivity index (χ0v) is 11.1. The molecule has 1 unspecified atom stereocenters. The summed E-state index contributed by atoms with van der Waals surface area (Å²) >= 11 is 3.32. The molecule has 88 valence electrons. The van der Waals surface area contributed by atoms with Crippen molar-refractivity contribution in [3.63, 3.8) is 0 Å². The Hall–Kier alpha value is -1.03. The van der Waals surface area contributed by atoms with Crippen LogP contribution in [-0.2, 0) is 11.2 Å². The van der Waals surface area contributed by atoms with Crippen LogP contribution in [0.4, 0.5) is 0 Å². The molecule has 0 aliphatic heterocycles. The van der Waals surface area contributed by atoms with E-state index in [2.05, 4.69) is 21.2 Å². The van der Waals surface area contributed by atoms with Gasteiger partial charge in [0.1, 0.15) is 5.75 Å². The number of alkyl halides is 1. The molecular formula is C12H16BrNO2. The van der Waals surface area contributed by atoms with Crippen molar-refractivity contribution in [2.45, 2.75) is 19.4 Å². The first-order valence-corrected chi connectivity index (χ1v) is 6.26. The van der Waals surface area contributed by atoms with Gasteiger partial charge in [-0.1, -0.05) is 28.1 Å². The first kappa shape index (κ1) is 13.0. The summed E-state index contributed by atoms with van der Waals surface area (Å²) in [5.41, 5.74) is 0.986. The van der Waals surface area contributed by atoms with Gasteiger partial charge in [0.2, 0.25) is 5.91 Å². The lowest BCUT2D eigenvalue weighted by Crippen LogP contribution is -2.34. The van der Waals surface area contributed by atoms with Crippen molar-refractivity contribution in [1.82, 2.24) is 5.32 Å². The molecule has 1 aromatic carbocycles. The zero-order valence-electron chi connectivity index (χ0n) is 9.50. The number of carbonyl (C=O) groups excluding carboxylic acids is 1. The van der Waals surface area contributed by atoms with Gasteiger partial charge in [-0.25, -0.2) is 0 Å². The molecule has 1 aromatic rings. The number of methoxy groups -OCH3 is 1. The fraction of sp³-hybridized carbons (Fsp3) is 0.417. The molecule has 1 atom stereocenters. The number of ether oxygens (including phenoxy) is 1. The van der Waals surface area contributed by atoms with Crippen LogP contribution in [0.1, 0.15) is 12.5 Å². The molecule has 1 rings (SSSR count). The highest BCUT2D eigenvalue weighted by molar-refractivity contribution is 9.09. The van der Waals surface area contributed by atoms with Gasteiger partial charge >= 0.3 is 0 Å². The molecule has 0 radical (unpaired) electrons. The number of halogens is 1. The smallest absolute Gasteiger partial charge is 0.224 e. The predicted octanol–water partition coefficient (Wildman–Crippen LogP) is 2.14. The average molecular weight is 286 g/mol. The molecule has 3 nitrogen and oxygen atoms in total. The lowest BCUT2D eigenvalue weighted by atomic mass is 10.1. The molecule has 1 amide bonds. The van der Waals surface area contributed by atoms with Crippen molar-refractivity contribution in [2.75, 3.05) is 12.4 Å². The number of hydrogen-bond acceptors (Lipinski definition) is 2. The van der Waals surface area contributed by atoms with Crippen LogP contribution in [0.5, 0.6) is 5.75 Å². The van der Waals surface area contributed by atoms with Gasteiger partial charge in [0.25, 0.3) is 0 Å². The van der Waals surface area contributed by atoms with E-state index in [1.807, 2.05) is 31.2 Å². The van der Waals surface area contributed by atoms with Crippen LogP contribution in [0.15, 0.2) is 24.3 Å². The van der Waals surface area contributed by atoms with Crippen LogP contribution >= 0.6 is 15.9 Å². The first-order chi connectivity index (χ1) is 7.65. The number of hydrogen-bond donors (Lipinski definition) is 1. The van der Waals surface area contributed by atoms with Crippen molar-refractivity contribution in [1.29, 1.82) is 0 Å². The molecule has 0 bridgehead atoms. The highest BCUT2D eigenvalue weighted by atomic mass is 79.9. The number of nitrogens with one attached hydrogen (secondary N) is 1. The summed E-state index contributed by atoms with van der Waals surface area (Å²) in [6.07, 6.45) is 0.404. The van der Waals surface area contributed by atoms with E-state index in [1.165, 1.54) is 0 Å². The molecule has 0 saturated carbocycles. The highest BCUT2D eigenvalue weighted by Crippen LogP contribution is 2.11. The van der Waals surface area contributed by atoms with Gasteiger partial charge in [-0.15, -0.1) is 0 Å². The molecular weight excluding hydrogens is 270 g/mol. The zero-order chi connectivity index (χ0) is 12.0. The number of rotatable bonds is 5. The maximum Gasteiger partial charge on any atom is 0.224 e. The van der Waals surface area contributed by atoms with Crippen molar-refractivity contribution < 1.29 is 9.53 Å². The minimum atomic E-state index is 0.0390. The van der Waals surface area contributed by atoms with Crippen molar-refractivity contribution in [3.8, 4) is 5.75 Å². The monoisotopic (exact) mass is 285 g/mol. The van der Waals surface area contributed by atoms with Crippen LogP contribution in [0.25, 0.3) is 0 Å². The average Bonchev–Trinajstić information content (AvgIpc) is 2.29. The van der Waals surface area contributed by atoms with E-state index in [0.717, 1.165) is 16.6 Å². The second kappa shape index (κ2) is 6.53. The Morgan fingerprint density at radius 3 is 2.56 bits per heavy atom. The quantitative estimate of drug-likeness (QED) is 0.842. The van der Waals surface area contributed by atoms with Crippen LogP contribution in [-0.4, -0.2) is 24.4 Å². The minimum absolute atomic E-state index is 0.0390. The standard InChI is InChI=1S/C12H16BrNO2/c1-9(8-13)14-12(15)7-10-3-5-11(16-2)6-4-10/h3-6,9H,7-8H2,1-2H3,(H,14,15). The third kappa shape index (κ3) is 4.23. The highest BCUT2D eigenvalue weighted by Gasteiger charge is 2.06. The van der Waals surface area contributed by atoms with Gasteiger partial charge in [0, 0.05) is 11.4 Å². The van der Waals surface area contributed by atoms with Crippen LogP contribution in [0.3, 0.4) is 0 Å². The summed E-state index contributed by atoms with van der Waals surface area (Å²) in [5.74, 6) is 0.843. The van der Waals surface area contributed by atoms with Gasteiger partial charge in [-0.2, -0.15) is 0 Å². The van der Waals surface area contributed by atoms with E-state index in [0.29, 0.717) is 6.42 Å². The topological polar surface area (TPSA) is 38.3 Å². The lowest BCUT2D eigenvalue weighted by Gasteiger charge is -2.10. The van der Waals surface area contributed by atoms with E-state index in [1.54, 1.807) is 7.11 Å². The van der Waals surface area contributed by atoms with Gasteiger partial charge in [0.05, 0.1) is 13.5 Å². The van der Waals surface area contributed by atoms with Crippen molar-refractivity contribution in [2.24, 2.45) is 0 Å². The second-order valence-corrected chi connectivity index (χ2v) is 4.30. The summed E-state index contributed by atoms with van der Waals surface area (Å²) in [6.45, 7) is 1.96. The van der Waals surface area contributed by atoms with Crippen molar-refractivity contribution in [3.05, 3.63) is 29.8 Å². The molecule has 0 saturated heterocycles. The molecule has 0 heterocycles. The van der Waals surface area contributed by atoms with E-state index in [-0.39, 0.29) is 11.9 Å². The minimum Gasteiger partial charge on any atom is -0.497 e. The fourth-order valence-electron chi connectivity index (χ4n) is 1.29. The van der Waals surface area contributed by atoms with Crippen LogP contribution in [0, 0.1) is 0 Å². The van der Waals surface area contributed by atoms with Crippen LogP contribution in [0.2, 0.25) is 0 Å². The van der Waals surface area contributed by atoms with Gasteiger partial charge < -0.3 is 10.1 Å².